The van der Waals surface area contributed by atoms with Crippen molar-refractivity contribution in [2.24, 2.45) is 0 Å². The van der Waals surface area contributed by atoms with Crippen molar-refractivity contribution in [1.82, 2.24) is 9.78 Å². The van der Waals surface area contributed by atoms with Crippen LogP contribution >= 0.6 is 0 Å². The summed E-state index contributed by atoms with van der Waals surface area (Å²) in [4.78, 5) is 22.2. The molecular formula is C10H14N2O3. The monoisotopic (exact) mass is 210 g/mol. The molecule has 1 N–H and O–H groups in total. The predicted molar refractivity (Wildman–Crippen MR) is 55.0 cm³/mol. The van der Waals surface area contributed by atoms with Gasteiger partial charge in [0.05, 0.1) is 5.69 Å². The molecule has 0 aliphatic rings. The number of carboxylic acids is 1. The van der Waals surface area contributed by atoms with Gasteiger partial charge in [-0.1, -0.05) is 6.92 Å². The first-order valence-electron chi connectivity index (χ1n) is 4.79. The van der Waals surface area contributed by atoms with E-state index in [0.717, 1.165) is 15.9 Å². The van der Waals surface area contributed by atoms with Crippen LogP contribution in [0.25, 0.3) is 0 Å². The number of carbonyl (C=O) groups is 1. The lowest BCUT2D eigenvalue weighted by Crippen LogP contribution is -2.31. The molecule has 5 heteroatoms. The Morgan fingerprint density at radius 3 is 2.73 bits per heavy atom. The van der Waals surface area contributed by atoms with Crippen molar-refractivity contribution in [2.45, 2.75) is 33.2 Å². The Kier molecular flexibility index (Phi) is 3.24. The van der Waals surface area contributed by atoms with Crippen molar-refractivity contribution < 1.29 is 9.90 Å². The van der Waals surface area contributed by atoms with Gasteiger partial charge in [-0.05, 0) is 25.8 Å². The topological polar surface area (TPSA) is 72.2 Å². The van der Waals surface area contributed by atoms with Gasteiger partial charge in [-0.25, -0.2) is 9.48 Å². The Labute approximate surface area is 87.4 Å². The summed E-state index contributed by atoms with van der Waals surface area (Å²) < 4.78 is 1.01. The van der Waals surface area contributed by atoms with Gasteiger partial charge >= 0.3 is 5.97 Å². The third-order valence-corrected chi connectivity index (χ3v) is 2.31. The number of nitrogens with zero attached hydrogens (tertiary/aromatic N) is 2. The van der Waals surface area contributed by atoms with Gasteiger partial charge in [-0.3, -0.25) is 4.79 Å². The first-order valence-corrected chi connectivity index (χ1v) is 4.79. The van der Waals surface area contributed by atoms with Gasteiger partial charge in [0.1, 0.15) is 0 Å². The minimum absolute atomic E-state index is 0.375. The maximum atomic E-state index is 11.5. The van der Waals surface area contributed by atoms with E-state index in [-0.39, 0.29) is 5.56 Å². The first kappa shape index (κ1) is 11.4. The summed E-state index contributed by atoms with van der Waals surface area (Å²) in [6.07, 6.45) is 0.679. The highest BCUT2D eigenvalue weighted by Crippen LogP contribution is 2.05. The van der Waals surface area contributed by atoms with Gasteiger partial charge in [0.2, 0.25) is 0 Å². The zero-order valence-corrected chi connectivity index (χ0v) is 9.02. The van der Waals surface area contributed by atoms with Gasteiger partial charge < -0.3 is 5.11 Å². The largest absolute Gasteiger partial charge is 0.480 e. The van der Waals surface area contributed by atoms with Crippen LogP contribution in [0.1, 0.15) is 31.1 Å². The van der Waals surface area contributed by atoms with Crippen molar-refractivity contribution in [3.05, 3.63) is 27.7 Å². The molecule has 0 amide bonds. The lowest BCUT2D eigenvalue weighted by atomic mass is 10.2. The summed E-state index contributed by atoms with van der Waals surface area (Å²) >= 11 is 0. The quantitative estimate of drug-likeness (QED) is 0.799. The Bertz CT molecular complexity index is 437. The average Bonchev–Trinajstić information content (AvgIpc) is 2.17. The van der Waals surface area contributed by atoms with Gasteiger partial charge in [-0.15, -0.1) is 0 Å². The zero-order valence-electron chi connectivity index (χ0n) is 9.02. The molecule has 1 unspecified atom stereocenters. The molecule has 0 bridgehead atoms. The summed E-state index contributed by atoms with van der Waals surface area (Å²) in [7, 11) is 0. The fourth-order valence-corrected chi connectivity index (χ4v) is 1.32. The maximum Gasteiger partial charge on any atom is 0.328 e. The molecule has 0 aliphatic carbocycles. The van der Waals surface area contributed by atoms with Crippen LogP contribution in [0.5, 0.6) is 0 Å². The number of aryl methyl sites for hydroxylation is 2. The van der Waals surface area contributed by atoms with Crippen molar-refractivity contribution in [3.63, 3.8) is 0 Å². The second kappa shape index (κ2) is 4.25. The maximum absolute atomic E-state index is 11.5. The Hall–Kier alpha value is -1.65. The lowest BCUT2D eigenvalue weighted by Gasteiger charge is -2.11. The van der Waals surface area contributed by atoms with E-state index in [1.165, 1.54) is 13.0 Å². The number of aliphatic carboxylic acids is 1. The number of hydrogen-bond acceptors (Lipinski definition) is 3. The van der Waals surface area contributed by atoms with Crippen LogP contribution in [0.3, 0.4) is 0 Å². The van der Waals surface area contributed by atoms with Gasteiger partial charge in [0.15, 0.2) is 6.04 Å². The molecule has 1 atom stereocenters. The van der Waals surface area contributed by atoms with E-state index in [0.29, 0.717) is 6.42 Å². The van der Waals surface area contributed by atoms with E-state index >= 15 is 0 Å². The lowest BCUT2D eigenvalue weighted by molar-refractivity contribution is -0.140. The molecule has 1 heterocycles. The Balaban J connectivity index is 3.30. The molecule has 1 aromatic heterocycles. The molecule has 0 aromatic carbocycles. The predicted octanol–water partition coefficient (Wildman–Crippen LogP) is 0.760. The van der Waals surface area contributed by atoms with Crippen LogP contribution in [-0.4, -0.2) is 20.9 Å². The summed E-state index contributed by atoms with van der Waals surface area (Å²) in [5.74, 6) is -1.06. The van der Waals surface area contributed by atoms with Crippen LogP contribution < -0.4 is 5.56 Å². The fourth-order valence-electron chi connectivity index (χ4n) is 1.32. The molecular weight excluding hydrogens is 196 g/mol. The Morgan fingerprint density at radius 1 is 1.67 bits per heavy atom. The van der Waals surface area contributed by atoms with Gasteiger partial charge in [0, 0.05) is 6.07 Å². The van der Waals surface area contributed by atoms with Crippen LogP contribution in [0, 0.1) is 6.92 Å². The second-order valence-corrected chi connectivity index (χ2v) is 3.42. The summed E-state index contributed by atoms with van der Waals surface area (Å²) in [5.41, 5.74) is 1.18. The van der Waals surface area contributed by atoms with Crippen molar-refractivity contribution in [3.8, 4) is 0 Å². The Morgan fingerprint density at radius 2 is 2.27 bits per heavy atom. The number of rotatable bonds is 3. The molecule has 1 aromatic rings. The third kappa shape index (κ3) is 2.23. The second-order valence-electron chi connectivity index (χ2n) is 3.42. The van der Waals surface area contributed by atoms with Crippen molar-refractivity contribution >= 4 is 5.97 Å². The van der Waals surface area contributed by atoms with Gasteiger partial charge in [-0.2, -0.15) is 5.10 Å². The molecule has 0 spiro atoms. The molecule has 0 saturated carbocycles. The van der Waals surface area contributed by atoms with E-state index in [1.54, 1.807) is 6.92 Å². The highest BCUT2D eigenvalue weighted by Gasteiger charge is 2.16. The third-order valence-electron chi connectivity index (χ3n) is 2.31. The fraction of sp³-hybridized carbons (Fsp3) is 0.500. The molecule has 82 valence electrons. The van der Waals surface area contributed by atoms with E-state index < -0.39 is 12.0 Å². The van der Waals surface area contributed by atoms with E-state index in [2.05, 4.69) is 5.10 Å². The molecule has 0 aliphatic heterocycles. The number of aromatic nitrogens is 2. The van der Waals surface area contributed by atoms with E-state index in [1.807, 2.05) is 6.92 Å². The molecule has 15 heavy (non-hydrogen) atoms. The molecule has 0 saturated heterocycles. The molecule has 0 fully saturated rings. The summed E-state index contributed by atoms with van der Waals surface area (Å²) in [5, 5.41) is 12.8. The number of carboxylic acid groups (broad SMARTS) is 1. The van der Waals surface area contributed by atoms with E-state index in [4.69, 9.17) is 5.11 Å². The zero-order chi connectivity index (χ0) is 11.6. The molecule has 1 rings (SSSR count). The van der Waals surface area contributed by atoms with Crippen LogP contribution in [0.2, 0.25) is 0 Å². The minimum Gasteiger partial charge on any atom is -0.480 e. The van der Waals surface area contributed by atoms with Crippen molar-refractivity contribution in [2.75, 3.05) is 0 Å². The summed E-state index contributed by atoms with van der Waals surface area (Å²) in [6.45, 7) is 5.14. The van der Waals surface area contributed by atoms with Gasteiger partial charge in [0.25, 0.3) is 5.56 Å². The highest BCUT2D eigenvalue weighted by molar-refractivity contribution is 5.71. The average molecular weight is 210 g/mol. The molecule has 0 radical (unpaired) electrons. The standard InChI is InChI=1S/C10H14N2O3/c1-4-8-6(2)5-9(13)12(11-8)7(3)10(14)15/h5,7H,4H2,1-3H3,(H,14,15). The van der Waals surface area contributed by atoms with E-state index in [9.17, 15) is 9.59 Å². The van der Waals surface area contributed by atoms with Crippen molar-refractivity contribution in [1.29, 1.82) is 0 Å². The SMILES string of the molecule is CCc1nn(C(C)C(=O)O)c(=O)cc1C. The van der Waals surface area contributed by atoms with Crippen LogP contribution in [-0.2, 0) is 11.2 Å². The number of hydrogen-bond donors (Lipinski definition) is 1. The normalized spacial score (nSPS) is 12.5. The molecule has 5 nitrogen and oxygen atoms in total. The highest BCUT2D eigenvalue weighted by atomic mass is 16.4. The van der Waals surface area contributed by atoms with Crippen LogP contribution in [0.15, 0.2) is 10.9 Å². The minimum atomic E-state index is -1.06. The summed E-state index contributed by atoms with van der Waals surface area (Å²) in [6, 6.07) is 0.494. The first-order chi connectivity index (χ1) is 6.97. The van der Waals surface area contributed by atoms with Crippen LogP contribution in [0.4, 0.5) is 0 Å². The smallest absolute Gasteiger partial charge is 0.328 e.